The molecule has 23 heavy (non-hydrogen) atoms. The molecule has 1 aliphatic rings. The van der Waals surface area contributed by atoms with Gasteiger partial charge in [-0.25, -0.2) is 0 Å². The molecule has 1 saturated carbocycles. The van der Waals surface area contributed by atoms with E-state index >= 15 is 0 Å². The molecule has 6 heteroatoms. The van der Waals surface area contributed by atoms with Crippen LogP contribution >= 0.6 is 0 Å². The highest BCUT2D eigenvalue weighted by molar-refractivity contribution is 5.99. The number of primary amides is 1. The van der Waals surface area contributed by atoms with E-state index in [4.69, 9.17) is 5.73 Å². The molecule has 1 aromatic rings. The molecular formula is C17H23N3O3. The van der Waals surface area contributed by atoms with Crippen molar-refractivity contribution >= 4 is 23.4 Å². The molecule has 0 heterocycles. The van der Waals surface area contributed by atoms with E-state index < -0.39 is 11.9 Å². The Labute approximate surface area is 135 Å². The second-order valence-corrected chi connectivity index (χ2v) is 6.01. The highest BCUT2D eigenvalue weighted by Crippen LogP contribution is 2.26. The SMILES string of the molecule is CC(=O)Nc1cccc(C(=O)N[C@H](C(N)=O)C2CCCCC2)c1. The van der Waals surface area contributed by atoms with Crippen LogP contribution in [0, 0.1) is 5.92 Å². The van der Waals surface area contributed by atoms with Gasteiger partial charge in [0.1, 0.15) is 6.04 Å². The van der Waals surface area contributed by atoms with Gasteiger partial charge in [0.15, 0.2) is 0 Å². The first-order chi connectivity index (χ1) is 11.0. The summed E-state index contributed by atoms with van der Waals surface area (Å²) in [6.07, 6.45) is 5.08. The fraction of sp³-hybridized carbons (Fsp3) is 0.471. The first-order valence-corrected chi connectivity index (χ1v) is 7.95. The van der Waals surface area contributed by atoms with E-state index in [1.165, 1.54) is 6.92 Å². The fourth-order valence-electron chi connectivity index (χ4n) is 3.05. The maximum absolute atomic E-state index is 12.4. The summed E-state index contributed by atoms with van der Waals surface area (Å²) in [6, 6.07) is 5.95. The van der Waals surface area contributed by atoms with Crippen LogP contribution in [0.1, 0.15) is 49.4 Å². The summed E-state index contributed by atoms with van der Waals surface area (Å²) in [7, 11) is 0. The van der Waals surface area contributed by atoms with Crippen LogP contribution in [0.15, 0.2) is 24.3 Å². The lowest BCUT2D eigenvalue weighted by Gasteiger charge is -2.28. The molecular weight excluding hydrogens is 294 g/mol. The monoisotopic (exact) mass is 317 g/mol. The number of carbonyl (C=O) groups is 3. The Morgan fingerprint density at radius 1 is 1.17 bits per heavy atom. The zero-order chi connectivity index (χ0) is 16.8. The minimum Gasteiger partial charge on any atom is -0.368 e. The maximum Gasteiger partial charge on any atom is 0.252 e. The first-order valence-electron chi connectivity index (χ1n) is 7.95. The van der Waals surface area contributed by atoms with Crippen LogP contribution in [0.4, 0.5) is 5.69 Å². The van der Waals surface area contributed by atoms with Gasteiger partial charge in [-0.2, -0.15) is 0 Å². The van der Waals surface area contributed by atoms with Gasteiger partial charge in [-0.1, -0.05) is 25.3 Å². The standard InChI is InChI=1S/C17H23N3O3/c1-11(21)19-14-9-5-8-13(10-14)17(23)20-15(16(18)22)12-6-3-2-4-7-12/h5,8-10,12,15H,2-4,6-7H2,1H3,(H2,18,22)(H,19,21)(H,20,23)/t15-/m0/s1. The molecule has 6 nitrogen and oxygen atoms in total. The summed E-state index contributed by atoms with van der Waals surface area (Å²) in [5.41, 5.74) is 6.41. The highest BCUT2D eigenvalue weighted by Gasteiger charge is 2.29. The molecule has 0 saturated heterocycles. The first kappa shape index (κ1) is 17.0. The summed E-state index contributed by atoms with van der Waals surface area (Å²) < 4.78 is 0. The maximum atomic E-state index is 12.4. The van der Waals surface area contributed by atoms with Crippen LogP contribution in [0.2, 0.25) is 0 Å². The quantitative estimate of drug-likeness (QED) is 0.772. The average molecular weight is 317 g/mol. The Kier molecular flexibility index (Phi) is 5.73. The Morgan fingerprint density at radius 3 is 2.48 bits per heavy atom. The molecule has 1 atom stereocenters. The van der Waals surface area contributed by atoms with Crippen LogP contribution < -0.4 is 16.4 Å². The number of rotatable bonds is 5. The topological polar surface area (TPSA) is 101 Å². The number of carbonyl (C=O) groups excluding carboxylic acids is 3. The summed E-state index contributed by atoms with van der Waals surface area (Å²) in [4.78, 5) is 35.2. The van der Waals surface area contributed by atoms with Crippen molar-refractivity contribution in [2.75, 3.05) is 5.32 Å². The molecule has 1 aromatic carbocycles. The minimum absolute atomic E-state index is 0.101. The van der Waals surface area contributed by atoms with Crippen molar-refractivity contribution in [3.05, 3.63) is 29.8 Å². The van der Waals surface area contributed by atoms with Crippen molar-refractivity contribution in [3.63, 3.8) is 0 Å². The second-order valence-electron chi connectivity index (χ2n) is 6.01. The molecule has 0 bridgehead atoms. The molecule has 4 N–H and O–H groups in total. The van der Waals surface area contributed by atoms with Crippen molar-refractivity contribution in [1.29, 1.82) is 0 Å². The van der Waals surface area contributed by atoms with Gasteiger partial charge in [-0.15, -0.1) is 0 Å². The Hall–Kier alpha value is -2.37. The third kappa shape index (κ3) is 4.81. The van der Waals surface area contributed by atoms with E-state index in [9.17, 15) is 14.4 Å². The number of nitrogens with one attached hydrogen (secondary N) is 2. The van der Waals surface area contributed by atoms with Gasteiger partial charge in [0.05, 0.1) is 0 Å². The molecule has 124 valence electrons. The predicted molar refractivity (Wildman–Crippen MR) is 87.8 cm³/mol. The van der Waals surface area contributed by atoms with E-state index in [1.54, 1.807) is 24.3 Å². The van der Waals surface area contributed by atoms with Gasteiger partial charge in [0, 0.05) is 18.2 Å². The normalized spacial score (nSPS) is 16.4. The van der Waals surface area contributed by atoms with E-state index in [0.717, 1.165) is 32.1 Å². The van der Waals surface area contributed by atoms with Gasteiger partial charge in [-0.05, 0) is 37.0 Å². The van der Waals surface area contributed by atoms with Crippen molar-refractivity contribution in [3.8, 4) is 0 Å². The number of benzene rings is 1. The van der Waals surface area contributed by atoms with Crippen LogP contribution in [-0.2, 0) is 9.59 Å². The van der Waals surface area contributed by atoms with E-state index in [0.29, 0.717) is 11.3 Å². The molecule has 0 radical (unpaired) electrons. The molecule has 0 aliphatic heterocycles. The summed E-state index contributed by atoms with van der Waals surface area (Å²) in [5, 5.41) is 5.39. The van der Waals surface area contributed by atoms with E-state index in [2.05, 4.69) is 10.6 Å². The zero-order valence-electron chi connectivity index (χ0n) is 13.3. The molecule has 1 aliphatic carbocycles. The lowest BCUT2D eigenvalue weighted by molar-refractivity contribution is -0.121. The fourth-order valence-corrected chi connectivity index (χ4v) is 3.05. The van der Waals surface area contributed by atoms with Crippen molar-refractivity contribution in [2.24, 2.45) is 11.7 Å². The smallest absolute Gasteiger partial charge is 0.252 e. The van der Waals surface area contributed by atoms with Crippen molar-refractivity contribution in [2.45, 2.75) is 45.1 Å². The van der Waals surface area contributed by atoms with E-state index in [-0.39, 0.29) is 17.7 Å². The molecule has 0 unspecified atom stereocenters. The summed E-state index contributed by atoms with van der Waals surface area (Å²) >= 11 is 0. The summed E-state index contributed by atoms with van der Waals surface area (Å²) in [5.74, 6) is -0.960. The predicted octanol–water partition coefficient (Wildman–Crippen LogP) is 1.81. The van der Waals surface area contributed by atoms with Gasteiger partial charge >= 0.3 is 0 Å². The van der Waals surface area contributed by atoms with Crippen molar-refractivity contribution in [1.82, 2.24) is 5.32 Å². The van der Waals surface area contributed by atoms with Crippen molar-refractivity contribution < 1.29 is 14.4 Å². The van der Waals surface area contributed by atoms with E-state index in [1.807, 2.05) is 0 Å². The Balaban J connectivity index is 2.09. The Morgan fingerprint density at radius 2 is 1.87 bits per heavy atom. The lowest BCUT2D eigenvalue weighted by atomic mass is 9.83. The Bertz CT molecular complexity index is 595. The number of amides is 3. The van der Waals surface area contributed by atoms with Gasteiger partial charge in [-0.3, -0.25) is 14.4 Å². The summed E-state index contributed by atoms with van der Waals surface area (Å²) in [6.45, 7) is 1.40. The number of nitrogens with two attached hydrogens (primary N) is 1. The third-order valence-electron chi connectivity index (χ3n) is 4.16. The number of hydrogen-bond donors (Lipinski definition) is 3. The minimum atomic E-state index is -0.646. The van der Waals surface area contributed by atoms with Gasteiger partial charge < -0.3 is 16.4 Å². The van der Waals surface area contributed by atoms with Gasteiger partial charge in [0.25, 0.3) is 5.91 Å². The number of hydrogen-bond acceptors (Lipinski definition) is 3. The second kappa shape index (κ2) is 7.76. The van der Waals surface area contributed by atoms with Crippen LogP contribution in [0.25, 0.3) is 0 Å². The lowest BCUT2D eigenvalue weighted by Crippen LogP contribution is -2.49. The van der Waals surface area contributed by atoms with Gasteiger partial charge in [0.2, 0.25) is 11.8 Å². The molecule has 0 spiro atoms. The zero-order valence-corrected chi connectivity index (χ0v) is 13.3. The van der Waals surface area contributed by atoms with Crippen LogP contribution in [-0.4, -0.2) is 23.8 Å². The molecule has 2 rings (SSSR count). The highest BCUT2D eigenvalue weighted by atomic mass is 16.2. The molecule has 1 fully saturated rings. The number of anilines is 1. The molecule has 3 amide bonds. The molecule has 0 aromatic heterocycles. The van der Waals surface area contributed by atoms with Crippen LogP contribution in [0.3, 0.4) is 0 Å². The third-order valence-corrected chi connectivity index (χ3v) is 4.16. The average Bonchev–Trinajstić information content (AvgIpc) is 2.52. The largest absolute Gasteiger partial charge is 0.368 e. The van der Waals surface area contributed by atoms with Crippen LogP contribution in [0.5, 0.6) is 0 Å².